The van der Waals surface area contributed by atoms with E-state index in [1.807, 2.05) is 38.1 Å². The van der Waals surface area contributed by atoms with Crippen LogP contribution in [-0.2, 0) is 20.0 Å². The van der Waals surface area contributed by atoms with Crippen molar-refractivity contribution in [2.24, 2.45) is 5.10 Å². The monoisotopic (exact) mass is 483 g/mol. The number of nitrogens with zero attached hydrogens (tertiary/aromatic N) is 2. The predicted molar refractivity (Wildman–Crippen MR) is 130 cm³/mol. The second-order valence-electron chi connectivity index (χ2n) is 8.22. The third kappa shape index (κ3) is 5.09. The molecule has 7 nitrogen and oxygen atoms in total. The third-order valence-electron chi connectivity index (χ3n) is 5.40. The summed E-state index contributed by atoms with van der Waals surface area (Å²) < 4.78 is 54.0. The third-order valence-corrected chi connectivity index (χ3v) is 7.70. The molecule has 0 saturated heterocycles. The topological polar surface area (TPSA) is 95.9 Å². The van der Waals surface area contributed by atoms with E-state index in [0.29, 0.717) is 23.4 Å². The first kappa shape index (κ1) is 23.0. The van der Waals surface area contributed by atoms with Gasteiger partial charge < -0.3 is 0 Å². The fraction of sp³-hybridized carbons (Fsp3) is 0.208. The summed E-state index contributed by atoms with van der Waals surface area (Å²) in [6.07, 6.45) is 1.44. The lowest BCUT2D eigenvalue weighted by Crippen LogP contribution is -2.27. The molecule has 0 radical (unpaired) electrons. The molecule has 0 spiro atoms. The molecule has 0 amide bonds. The number of benzene rings is 3. The fourth-order valence-electron chi connectivity index (χ4n) is 3.72. The van der Waals surface area contributed by atoms with Crippen LogP contribution in [0.25, 0.3) is 0 Å². The first-order chi connectivity index (χ1) is 15.5. The highest BCUT2D eigenvalue weighted by atomic mass is 32.2. The molecule has 0 aliphatic carbocycles. The molecule has 1 atom stereocenters. The van der Waals surface area contributed by atoms with Crippen molar-refractivity contribution in [1.29, 1.82) is 0 Å². The summed E-state index contributed by atoms with van der Waals surface area (Å²) >= 11 is 0. The van der Waals surface area contributed by atoms with E-state index < -0.39 is 26.1 Å². The number of rotatable bonds is 6. The van der Waals surface area contributed by atoms with E-state index >= 15 is 0 Å². The molecule has 9 heteroatoms. The zero-order valence-electron chi connectivity index (χ0n) is 18.6. The van der Waals surface area contributed by atoms with Crippen LogP contribution in [0.1, 0.15) is 34.7 Å². The standard InChI is InChI=1S/C24H25N3O4S2/c1-17-7-11-19(12-8-17)24-16-23(20-5-4-6-21(15-20)26-32(3,28)29)25-27(24)33(30,31)22-13-9-18(2)10-14-22/h4-15,24,26H,16H2,1-3H3/t24-/m1/s1. The van der Waals surface area contributed by atoms with Gasteiger partial charge in [-0.15, -0.1) is 0 Å². The summed E-state index contributed by atoms with van der Waals surface area (Å²) in [5.74, 6) is 0. The van der Waals surface area contributed by atoms with Crippen molar-refractivity contribution < 1.29 is 16.8 Å². The Kier molecular flexibility index (Phi) is 6.02. The molecular formula is C24H25N3O4S2. The van der Waals surface area contributed by atoms with Crippen molar-refractivity contribution in [2.75, 3.05) is 11.0 Å². The molecule has 0 saturated carbocycles. The van der Waals surface area contributed by atoms with Crippen LogP contribution in [0, 0.1) is 13.8 Å². The van der Waals surface area contributed by atoms with Gasteiger partial charge in [0.05, 0.1) is 22.9 Å². The molecule has 1 aliphatic rings. The number of hydrazone groups is 1. The second kappa shape index (κ2) is 8.64. The summed E-state index contributed by atoms with van der Waals surface area (Å²) in [5, 5.41) is 4.53. The number of hydrogen-bond acceptors (Lipinski definition) is 5. The highest BCUT2D eigenvalue weighted by Crippen LogP contribution is 2.37. The molecule has 33 heavy (non-hydrogen) atoms. The highest BCUT2D eigenvalue weighted by Gasteiger charge is 2.37. The molecule has 4 rings (SSSR count). The summed E-state index contributed by atoms with van der Waals surface area (Å²) in [5.41, 5.74) is 4.48. The maximum atomic E-state index is 13.6. The molecule has 1 aliphatic heterocycles. The molecule has 0 bridgehead atoms. The summed E-state index contributed by atoms with van der Waals surface area (Å²) in [6, 6.07) is 20.7. The van der Waals surface area contributed by atoms with Gasteiger partial charge in [-0.3, -0.25) is 4.72 Å². The zero-order valence-corrected chi connectivity index (χ0v) is 20.2. The van der Waals surface area contributed by atoms with E-state index in [9.17, 15) is 16.8 Å². The largest absolute Gasteiger partial charge is 0.284 e. The zero-order chi connectivity index (χ0) is 23.8. The van der Waals surface area contributed by atoms with Crippen molar-refractivity contribution >= 4 is 31.4 Å². The Morgan fingerprint density at radius 1 is 0.879 bits per heavy atom. The minimum absolute atomic E-state index is 0.169. The van der Waals surface area contributed by atoms with Crippen molar-refractivity contribution in [3.63, 3.8) is 0 Å². The SMILES string of the molecule is Cc1ccc([C@H]2CC(c3cccc(NS(C)(=O)=O)c3)=NN2S(=O)(=O)c2ccc(C)cc2)cc1. The molecule has 1 N–H and O–H groups in total. The minimum atomic E-state index is -3.91. The van der Waals surface area contributed by atoms with Gasteiger partial charge in [0.15, 0.2) is 0 Å². The minimum Gasteiger partial charge on any atom is -0.284 e. The van der Waals surface area contributed by atoms with Gasteiger partial charge in [0.2, 0.25) is 10.0 Å². The number of aryl methyl sites for hydroxylation is 2. The van der Waals surface area contributed by atoms with Crippen molar-refractivity contribution in [3.8, 4) is 0 Å². The Balaban J connectivity index is 1.78. The van der Waals surface area contributed by atoms with E-state index in [1.165, 1.54) is 4.41 Å². The first-order valence-electron chi connectivity index (χ1n) is 10.4. The molecule has 1 heterocycles. The van der Waals surface area contributed by atoms with Crippen LogP contribution in [0.15, 0.2) is 82.8 Å². The number of hydrogen-bond donors (Lipinski definition) is 1. The highest BCUT2D eigenvalue weighted by molar-refractivity contribution is 7.92. The molecule has 0 fully saturated rings. The van der Waals surface area contributed by atoms with Crippen LogP contribution in [0.5, 0.6) is 0 Å². The van der Waals surface area contributed by atoms with Gasteiger partial charge >= 0.3 is 0 Å². The Hall–Kier alpha value is -3.17. The van der Waals surface area contributed by atoms with Crippen LogP contribution in [0.4, 0.5) is 5.69 Å². The number of nitrogens with one attached hydrogen (secondary N) is 1. The van der Waals surface area contributed by atoms with Crippen LogP contribution in [-0.4, -0.2) is 33.2 Å². The van der Waals surface area contributed by atoms with Gasteiger partial charge in [-0.2, -0.15) is 17.9 Å². The Bertz CT molecular complexity index is 1410. The Labute approximate surface area is 194 Å². The normalized spacial score (nSPS) is 16.5. The number of sulfonamides is 2. The lowest BCUT2D eigenvalue weighted by Gasteiger charge is -2.23. The van der Waals surface area contributed by atoms with Crippen LogP contribution in [0.2, 0.25) is 0 Å². The smallest absolute Gasteiger partial charge is 0.279 e. The van der Waals surface area contributed by atoms with Crippen LogP contribution in [0.3, 0.4) is 0 Å². The van der Waals surface area contributed by atoms with Crippen molar-refractivity contribution in [1.82, 2.24) is 4.41 Å². The van der Waals surface area contributed by atoms with Crippen molar-refractivity contribution in [3.05, 3.63) is 95.1 Å². The van der Waals surface area contributed by atoms with Gasteiger partial charge in [-0.25, -0.2) is 8.42 Å². The number of anilines is 1. The van der Waals surface area contributed by atoms with E-state index in [0.717, 1.165) is 22.9 Å². The maximum Gasteiger partial charge on any atom is 0.279 e. The van der Waals surface area contributed by atoms with Gasteiger partial charge in [-0.1, -0.05) is 59.7 Å². The van der Waals surface area contributed by atoms with Crippen LogP contribution < -0.4 is 4.72 Å². The summed E-state index contributed by atoms with van der Waals surface area (Å²) in [6.45, 7) is 3.87. The summed E-state index contributed by atoms with van der Waals surface area (Å²) in [7, 11) is -7.35. The molecule has 172 valence electrons. The lowest BCUT2D eigenvalue weighted by atomic mass is 9.98. The Morgan fingerprint density at radius 2 is 1.48 bits per heavy atom. The molecule has 3 aromatic rings. The molecule has 0 aromatic heterocycles. The second-order valence-corrected chi connectivity index (χ2v) is 11.8. The maximum absolute atomic E-state index is 13.6. The fourth-order valence-corrected chi connectivity index (χ4v) is 5.70. The predicted octanol–water partition coefficient (Wildman–Crippen LogP) is 4.21. The van der Waals surface area contributed by atoms with Gasteiger partial charge in [0.1, 0.15) is 0 Å². The lowest BCUT2D eigenvalue weighted by molar-refractivity contribution is 0.371. The average Bonchev–Trinajstić information content (AvgIpc) is 3.20. The van der Waals surface area contributed by atoms with Crippen molar-refractivity contribution in [2.45, 2.75) is 31.2 Å². The van der Waals surface area contributed by atoms with E-state index in [-0.39, 0.29) is 4.90 Å². The van der Waals surface area contributed by atoms with Gasteiger partial charge in [0.25, 0.3) is 10.0 Å². The average molecular weight is 484 g/mol. The van der Waals surface area contributed by atoms with Crippen LogP contribution >= 0.6 is 0 Å². The molecular weight excluding hydrogens is 458 g/mol. The Morgan fingerprint density at radius 3 is 2.09 bits per heavy atom. The van der Waals surface area contributed by atoms with Gasteiger partial charge in [0, 0.05) is 12.1 Å². The van der Waals surface area contributed by atoms with Gasteiger partial charge in [-0.05, 0) is 49.2 Å². The molecule has 0 unspecified atom stereocenters. The van der Waals surface area contributed by atoms with E-state index in [1.54, 1.807) is 48.5 Å². The summed E-state index contributed by atoms with van der Waals surface area (Å²) in [4.78, 5) is 0.169. The molecule has 3 aromatic carbocycles. The first-order valence-corrected chi connectivity index (χ1v) is 13.7. The van der Waals surface area contributed by atoms with E-state index in [2.05, 4.69) is 9.82 Å². The van der Waals surface area contributed by atoms with E-state index in [4.69, 9.17) is 0 Å². The quantitative estimate of drug-likeness (QED) is 0.568.